The second-order valence-electron chi connectivity index (χ2n) is 5.31. The molecule has 0 unspecified atom stereocenters. The molecule has 0 radical (unpaired) electrons. The van der Waals surface area contributed by atoms with Crippen LogP contribution >= 0.6 is 0 Å². The number of nitrogens with one attached hydrogen (secondary N) is 1. The van der Waals surface area contributed by atoms with Crippen molar-refractivity contribution >= 4 is 11.8 Å². The van der Waals surface area contributed by atoms with Gasteiger partial charge in [0.15, 0.2) is 0 Å². The molecule has 0 saturated carbocycles. The van der Waals surface area contributed by atoms with Gasteiger partial charge in [-0.1, -0.05) is 18.2 Å². The van der Waals surface area contributed by atoms with Crippen molar-refractivity contribution in [2.24, 2.45) is 0 Å². The molecule has 5 nitrogen and oxygen atoms in total. The standard InChI is InChI=1S/C18H20N2O3/c1-20(2)18(22)14-9-7-13(8-10-14)12-19-17(21)15-5-4-6-16(11-15)23-3/h4-11H,12H2,1-3H3,(H,19,21). The molecule has 0 aliphatic rings. The Kier molecular flexibility index (Phi) is 5.36. The number of methoxy groups -OCH3 is 1. The van der Waals surface area contributed by atoms with Gasteiger partial charge in [-0.15, -0.1) is 0 Å². The van der Waals surface area contributed by atoms with E-state index < -0.39 is 0 Å². The lowest BCUT2D eigenvalue weighted by atomic mass is 10.1. The molecule has 0 aliphatic heterocycles. The van der Waals surface area contributed by atoms with Crippen LogP contribution in [0.1, 0.15) is 26.3 Å². The third-order valence-corrected chi connectivity index (χ3v) is 3.39. The van der Waals surface area contributed by atoms with Crippen LogP contribution in [0.4, 0.5) is 0 Å². The van der Waals surface area contributed by atoms with Crippen molar-refractivity contribution in [3.8, 4) is 5.75 Å². The zero-order valence-electron chi connectivity index (χ0n) is 13.5. The second kappa shape index (κ2) is 7.45. The molecule has 2 rings (SSSR count). The van der Waals surface area contributed by atoms with E-state index >= 15 is 0 Å². The molecule has 23 heavy (non-hydrogen) atoms. The highest BCUT2D eigenvalue weighted by molar-refractivity contribution is 5.95. The quantitative estimate of drug-likeness (QED) is 0.922. The smallest absolute Gasteiger partial charge is 0.253 e. The number of carbonyl (C=O) groups excluding carboxylic acids is 2. The van der Waals surface area contributed by atoms with Crippen LogP contribution in [0.5, 0.6) is 5.75 Å². The van der Waals surface area contributed by atoms with Crippen molar-refractivity contribution < 1.29 is 14.3 Å². The summed E-state index contributed by atoms with van der Waals surface area (Å²) in [5.74, 6) is 0.429. The predicted molar refractivity (Wildman–Crippen MR) is 88.6 cm³/mol. The summed E-state index contributed by atoms with van der Waals surface area (Å²) in [4.78, 5) is 25.5. The first kappa shape index (κ1) is 16.5. The van der Waals surface area contributed by atoms with E-state index in [2.05, 4.69) is 5.32 Å². The van der Waals surface area contributed by atoms with Gasteiger partial charge in [0.1, 0.15) is 5.75 Å². The number of hydrogen-bond acceptors (Lipinski definition) is 3. The second-order valence-corrected chi connectivity index (χ2v) is 5.31. The van der Waals surface area contributed by atoms with Crippen LogP contribution < -0.4 is 10.1 Å². The monoisotopic (exact) mass is 312 g/mol. The Bertz CT molecular complexity index is 694. The Morgan fingerprint density at radius 1 is 1.04 bits per heavy atom. The molecule has 120 valence electrons. The lowest BCUT2D eigenvalue weighted by molar-refractivity contribution is 0.0827. The highest BCUT2D eigenvalue weighted by Crippen LogP contribution is 2.12. The first-order chi connectivity index (χ1) is 11.0. The van der Waals surface area contributed by atoms with Gasteiger partial charge in [0.25, 0.3) is 11.8 Å². The zero-order valence-corrected chi connectivity index (χ0v) is 13.5. The molecule has 0 aliphatic carbocycles. The molecule has 0 spiro atoms. The summed E-state index contributed by atoms with van der Waals surface area (Å²) in [6.45, 7) is 0.395. The maximum absolute atomic E-state index is 12.1. The molecule has 2 amide bonds. The third-order valence-electron chi connectivity index (χ3n) is 3.39. The molecule has 1 N–H and O–H groups in total. The van der Waals surface area contributed by atoms with Gasteiger partial charge < -0.3 is 15.0 Å². The minimum Gasteiger partial charge on any atom is -0.497 e. The summed E-state index contributed by atoms with van der Waals surface area (Å²) < 4.78 is 5.11. The van der Waals surface area contributed by atoms with Gasteiger partial charge in [-0.3, -0.25) is 9.59 Å². The zero-order chi connectivity index (χ0) is 16.8. The number of rotatable bonds is 5. The van der Waals surface area contributed by atoms with E-state index in [9.17, 15) is 9.59 Å². The van der Waals surface area contributed by atoms with Crippen LogP contribution in [0.15, 0.2) is 48.5 Å². The SMILES string of the molecule is COc1cccc(C(=O)NCc2ccc(C(=O)N(C)C)cc2)c1. The first-order valence-electron chi connectivity index (χ1n) is 7.24. The number of amides is 2. The number of benzene rings is 2. The fourth-order valence-corrected chi connectivity index (χ4v) is 2.07. The van der Waals surface area contributed by atoms with E-state index in [0.29, 0.717) is 23.4 Å². The van der Waals surface area contributed by atoms with Gasteiger partial charge in [-0.2, -0.15) is 0 Å². The van der Waals surface area contributed by atoms with E-state index in [1.165, 1.54) is 4.90 Å². The number of ether oxygens (including phenoxy) is 1. The van der Waals surface area contributed by atoms with E-state index in [1.807, 2.05) is 12.1 Å². The fourth-order valence-electron chi connectivity index (χ4n) is 2.07. The normalized spacial score (nSPS) is 10.0. The van der Waals surface area contributed by atoms with Gasteiger partial charge in [0.05, 0.1) is 7.11 Å². The topological polar surface area (TPSA) is 58.6 Å². The van der Waals surface area contributed by atoms with Gasteiger partial charge in [-0.25, -0.2) is 0 Å². The molecule has 2 aromatic carbocycles. The fraction of sp³-hybridized carbons (Fsp3) is 0.222. The van der Waals surface area contributed by atoms with Gasteiger partial charge >= 0.3 is 0 Å². The molecule has 0 saturated heterocycles. The van der Waals surface area contributed by atoms with E-state index in [-0.39, 0.29) is 11.8 Å². The maximum atomic E-state index is 12.1. The summed E-state index contributed by atoms with van der Waals surface area (Å²) in [6.07, 6.45) is 0. The van der Waals surface area contributed by atoms with Gasteiger partial charge in [-0.05, 0) is 35.9 Å². The molecular formula is C18H20N2O3. The van der Waals surface area contributed by atoms with Crippen LogP contribution in [0.3, 0.4) is 0 Å². The largest absolute Gasteiger partial charge is 0.497 e. The van der Waals surface area contributed by atoms with E-state index in [4.69, 9.17) is 4.74 Å². The summed E-state index contributed by atoms with van der Waals surface area (Å²) in [5, 5.41) is 2.85. The van der Waals surface area contributed by atoms with Crippen molar-refractivity contribution in [3.63, 3.8) is 0 Å². The predicted octanol–water partition coefficient (Wildman–Crippen LogP) is 2.33. The van der Waals surface area contributed by atoms with Crippen molar-refractivity contribution in [2.75, 3.05) is 21.2 Å². The van der Waals surface area contributed by atoms with Crippen molar-refractivity contribution in [1.82, 2.24) is 10.2 Å². The molecule has 5 heteroatoms. The Balaban J connectivity index is 1.97. The number of hydrogen-bond donors (Lipinski definition) is 1. The number of nitrogens with zero attached hydrogens (tertiary/aromatic N) is 1. The van der Waals surface area contributed by atoms with Crippen molar-refractivity contribution in [3.05, 3.63) is 65.2 Å². The van der Waals surface area contributed by atoms with Gasteiger partial charge in [0, 0.05) is 31.8 Å². The number of carbonyl (C=O) groups is 2. The van der Waals surface area contributed by atoms with Crippen molar-refractivity contribution in [1.29, 1.82) is 0 Å². The molecular weight excluding hydrogens is 292 g/mol. The first-order valence-corrected chi connectivity index (χ1v) is 7.24. The van der Waals surface area contributed by atoms with Crippen LogP contribution in [-0.4, -0.2) is 37.9 Å². The minimum atomic E-state index is -0.169. The molecule has 0 fully saturated rings. The van der Waals surface area contributed by atoms with Gasteiger partial charge in [0.2, 0.25) is 0 Å². The summed E-state index contributed by atoms with van der Waals surface area (Å²) in [6, 6.07) is 14.2. The lowest BCUT2D eigenvalue weighted by Gasteiger charge is -2.11. The average Bonchev–Trinajstić information content (AvgIpc) is 2.59. The van der Waals surface area contributed by atoms with E-state index in [1.54, 1.807) is 57.6 Å². The van der Waals surface area contributed by atoms with Crippen LogP contribution in [-0.2, 0) is 6.54 Å². The highest BCUT2D eigenvalue weighted by Gasteiger charge is 2.09. The molecule has 2 aromatic rings. The molecule has 0 aromatic heterocycles. The Morgan fingerprint density at radius 3 is 2.35 bits per heavy atom. The van der Waals surface area contributed by atoms with Crippen LogP contribution in [0, 0.1) is 0 Å². The minimum absolute atomic E-state index is 0.0445. The lowest BCUT2D eigenvalue weighted by Crippen LogP contribution is -2.23. The summed E-state index contributed by atoms with van der Waals surface area (Å²) >= 11 is 0. The van der Waals surface area contributed by atoms with Crippen LogP contribution in [0.25, 0.3) is 0 Å². The third kappa shape index (κ3) is 4.32. The Hall–Kier alpha value is -2.82. The Morgan fingerprint density at radius 2 is 1.74 bits per heavy atom. The van der Waals surface area contributed by atoms with Crippen LogP contribution in [0.2, 0.25) is 0 Å². The molecule has 0 atom stereocenters. The summed E-state index contributed by atoms with van der Waals surface area (Å²) in [5.41, 5.74) is 2.10. The summed E-state index contributed by atoms with van der Waals surface area (Å²) in [7, 11) is 4.99. The Labute approximate surface area is 135 Å². The maximum Gasteiger partial charge on any atom is 0.253 e. The molecule has 0 bridgehead atoms. The van der Waals surface area contributed by atoms with E-state index in [0.717, 1.165) is 5.56 Å². The average molecular weight is 312 g/mol. The highest BCUT2D eigenvalue weighted by atomic mass is 16.5. The van der Waals surface area contributed by atoms with Crippen molar-refractivity contribution in [2.45, 2.75) is 6.54 Å². The molecule has 0 heterocycles.